The monoisotopic (exact) mass is 248 g/mol. The van der Waals surface area contributed by atoms with E-state index in [4.69, 9.17) is 0 Å². The fourth-order valence-corrected chi connectivity index (χ4v) is 2.26. The summed E-state index contributed by atoms with van der Waals surface area (Å²) in [5, 5.41) is 9.21. The number of fused-ring (bicyclic) bond motifs is 1. The van der Waals surface area contributed by atoms with Gasteiger partial charge in [-0.1, -0.05) is 18.2 Å². The van der Waals surface area contributed by atoms with Gasteiger partial charge in [0.1, 0.15) is 0 Å². The number of carbonyl (C=O) groups is 2. The first-order valence-corrected chi connectivity index (χ1v) is 5.83. The average molecular weight is 248 g/mol. The Kier molecular flexibility index (Phi) is 3.23. The number of carboxylic acids is 1. The van der Waals surface area contributed by atoms with Gasteiger partial charge in [0.15, 0.2) is 0 Å². The number of amides is 2. The lowest BCUT2D eigenvalue weighted by Gasteiger charge is -2.34. The third-order valence-corrected chi connectivity index (χ3v) is 3.16. The van der Waals surface area contributed by atoms with Gasteiger partial charge in [0.05, 0.1) is 5.92 Å². The molecule has 0 aliphatic carbocycles. The fourth-order valence-electron chi connectivity index (χ4n) is 2.26. The lowest BCUT2D eigenvalue weighted by atomic mass is 9.90. The second-order valence-corrected chi connectivity index (χ2v) is 4.57. The molecule has 1 aromatic carbocycles. The van der Waals surface area contributed by atoms with Crippen LogP contribution >= 0.6 is 0 Å². The Morgan fingerprint density at radius 2 is 2.00 bits per heavy atom. The summed E-state index contributed by atoms with van der Waals surface area (Å²) in [7, 11) is 3.38. The quantitative estimate of drug-likeness (QED) is 0.823. The molecule has 5 heteroatoms. The number of para-hydroxylation sites is 1. The molecule has 0 bridgehead atoms. The summed E-state index contributed by atoms with van der Waals surface area (Å²) < 4.78 is 0. The number of hydrogen-bond donors (Lipinski definition) is 1. The van der Waals surface area contributed by atoms with Gasteiger partial charge in [0.2, 0.25) is 0 Å². The van der Waals surface area contributed by atoms with E-state index in [1.54, 1.807) is 37.2 Å². The van der Waals surface area contributed by atoms with Crippen LogP contribution in [0.4, 0.5) is 10.5 Å². The Morgan fingerprint density at radius 3 is 2.61 bits per heavy atom. The van der Waals surface area contributed by atoms with Crippen molar-refractivity contribution >= 4 is 17.7 Å². The van der Waals surface area contributed by atoms with Crippen LogP contribution in [-0.2, 0) is 4.79 Å². The lowest BCUT2D eigenvalue weighted by Crippen LogP contribution is -2.43. The number of hydrogen-bond acceptors (Lipinski definition) is 2. The second kappa shape index (κ2) is 4.68. The van der Waals surface area contributed by atoms with Gasteiger partial charge >= 0.3 is 12.0 Å². The predicted octanol–water partition coefficient (Wildman–Crippen LogP) is 1.75. The van der Waals surface area contributed by atoms with Gasteiger partial charge in [-0.15, -0.1) is 0 Å². The van der Waals surface area contributed by atoms with Crippen LogP contribution in [0.3, 0.4) is 0 Å². The van der Waals surface area contributed by atoms with Gasteiger partial charge in [-0.3, -0.25) is 9.69 Å². The molecule has 5 nitrogen and oxygen atoms in total. The first kappa shape index (κ1) is 12.4. The van der Waals surface area contributed by atoms with Crippen LogP contribution in [0.2, 0.25) is 0 Å². The molecule has 1 N–H and O–H groups in total. The van der Waals surface area contributed by atoms with Crippen molar-refractivity contribution in [1.82, 2.24) is 4.90 Å². The normalized spacial score (nSPS) is 18.1. The summed E-state index contributed by atoms with van der Waals surface area (Å²) in [5.41, 5.74) is 1.42. The zero-order valence-electron chi connectivity index (χ0n) is 10.5. The summed E-state index contributed by atoms with van der Waals surface area (Å²) in [4.78, 5) is 26.4. The van der Waals surface area contributed by atoms with E-state index in [9.17, 15) is 14.7 Å². The summed E-state index contributed by atoms with van der Waals surface area (Å²) in [6, 6.07) is 7.08. The highest BCUT2D eigenvalue weighted by Gasteiger charge is 2.32. The second-order valence-electron chi connectivity index (χ2n) is 4.57. The number of carbonyl (C=O) groups excluding carboxylic acids is 1. The number of anilines is 1. The van der Waals surface area contributed by atoms with Crippen LogP contribution in [0.1, 0.15) is 17.9 Å². The highest BCUT2D eigenvalue weighted by molar-refractivity contribution is 5.95. The van der Waals surface area contributed by atoms with Crippen LogP contribution in [0.5, 0.6) is 0 Å². The zero-order valence-corrected chi connectivity index (χ0v) is 10.5. The molecule has 0 saturated carbocycles. The molecule has 0 fully saturated rings. The van der Waals surface area contributed by atoms with E-state index in [1.165, 1.54) is 4.90 Å². The molecule has 1 aliphatic heterocycles. The number of nitrogens with zero attached hydrogens (tertiary/aromatic N) is 2. The largest absolute Gasteiger partial charge is 0.481 e. The minimum atomic E-state index is -0.834. The number of carboxylic acid groups (broad SMARTS) is 1. The van der Waals surface area contributed by atoms with Crippen molar-refractivity contribution in [1.29, 1.82) is 0 Å². The van der Waals surface area contributed by atoms with E-state index in [0.29, 0.717) is 24.2 Å². The Morgan fingerprint density at radius 1 is 1.33 bits per heavy atom. The summed E-state index contributed by atoms with van der Waals surface area (Å²) in [5.74, 6) is -1.35. The van der Waals surface area contributed by atoms with Gasteiger partial charge in [-0.05, 0) is 18.1 Å². The van der Waals surface area contributed by atoms with Crippen molar-refractivity contribution in [2.75, 3.05) is 25.5 Å². The molecule has 0 saturated heterocycles. The van der Waals surface area contributed by atoms with Gasteiger partial charge in [-0.2, -0.15) is 0 Å². The molecule has 1 atom stereocenters. The van der Waals surface area contributed by atoms with E-state index >= 15 is 0 Å². The summed E-state index contributed by atoms with van der Waals surface area (Å²) >= 11 is 0. The molecule has 0 aromatic heterocycles. The van der Waals surface area contributed by atoms with E-state index in [-0.39, 0.29) is 6.03 Å². The Bertz CT molecular complexity index is 485. The van der Waals surface area contributed by atoms with Crippen molar-refractivity contribution in [3.8, 4) is 0 Å². The topological polar surface area (TPSA) is 60.9 Å². The maximum atomic E-state index is 12.0. The van der Waals surface area contributed by atoms with E-state index in [2.05, 4.69) is 0 Å². The van der Waals surface area contributed by atoms with Gasteiger partial charge in [-0.25, -0.2) is 4.79 Å². The number of benzene rings is 1. The van der Waals surface area contributed by atoms with Crippen molar-refractivity contribution in [2.24, 2.45) is 0 Å². The van der Waals surface area contributed by atoms with Crippen molar-refractivity contribution in [3.05, 3.63) is 29.8 Å². The third kappa shape index (κ3) is 2.03. The maximum absolute atomic E-state index is 12.0. The van der Waals surface area contributed by atoms with Gasteiger partial charge in [0, 0.05) is 26.3 Å². The Labute approximate surface area is 106 Å². The Hall–Kier alpha value is -2.04. The van der Waals surface area contributed by atoms with Crippen LogP contribution in [0.15, 0.2) is 24.3 Å². The van der Waals surface area contributed by atoms with Crippen LogP contribution < -0.4 is 4.90 Å². The minimum absolute atomic E-state index is 0.119. The zero-order chi connectivity index (χ0) is 13.3. The highest BCUT2D eigenvalue weighted by atomic mass is 16.4. The Balaban J connectivity index is 2.42. The molecular formula is C13H16N2O3. The number of rotatable bonds is 1. The maximum Gasteiger partial charge on any atom is 0.323 e. The molecule has 1 aliphatic rings. The van der Waals surface area contributed by atoms with Crippen molar-refractivity contribution < 1.29 is 14.7 Å². The highest BCUT2D eigenvalue weighted by Crippen LogP contribution is 2.35. The van der Waals surface area contributed by atoms with E-state index in [1.807, 2.05) is 6.07 Å². The molecule has 0 radical (unpaired) electrons. The molecule has 1 aromatic rings. The SMILES string of the molecule is CN(C)C(=O)N1CCC(C(=O)O)c2ccccc21. The molecule has 96 valence electrons. The molecule has 0 spiro atoms. The standard InChI is InChI=1S/C13H16N2O3/c1-14(2)13(18)15-8-7-10(12(16)17)9-5-3-4-6-11(9)15/h3-6,10H,7-8H2,1-2H3,(H,16,17). The van der Waals surface area contributed by atoms with Crippen molar-refractivity contribution in [3.63, 3.8) is 0 Å². The van der Waals surface area contributed by atoms with Crippen LogP contribution in [-0.4, -0.2) is 42.6 Å². The molecule has 2 amide bonds. The smallest absolute Gasteiger partial charge is 0.323 e. The third-order valence-electron chi connectivity index (χ3n) is 3.16. The molecule has 2 rings (SSSR count). The fraction of sp³-hybridized carbons (Fsp3) is 0.385. The average Bonchev–Trinajstić information content (AvgIpc) is 2.36. The first-order chi connectivity index (χ1) is 8.52. The van der Waals surface area contributed by atoms with E-state index < -0.39 is 11.9 Å². The summed E-state index contributed by atoms with van der Waals surface area (Å²) in [6.07, 6.45) is 0.450. The summed E-state index contributed by atoms with van der Waals surface area (Å²) in [6.45, 7) is 0.436. The van der Waals surface area contributed by atoms with E-state index in [0.717, 1.165) is 0 Å². The number of urea groups is 1. The molecular weight excluding hydrogens is 232 g/mol. The molecule has 18 heavy (non-hydrogen) atoms. The first-order valence-electron chi connectivity index (χ1n) is 5.83. The predicted molar refractivity (Wildman–Crippen MR) is 67.9 cm³/mol. The van der Waals surface area contributed by atoms with Gasteiger partial charge in [0.25, 0.3) is 0 Å². The molecule has 1 unspecified atom stereocenters. The molecule has 1 heterocycles. The van der Waals surface area contributed by atoms with Crippen LogP contribution in [0.25, 0.3) is 0 Å². The minimum Gasteiger partial charge on any atom is -0.481 e. The van der Waals surface area contributed by atoms with Gasteiger partial charge < -0.3 is 10.0 Å². The lowest BCUT2D eigenvalue weighted by molar-refractivity contribution is -0.139. The number of aliphatic carboxylic acids is 1. The van der Waals surface area contributed by atoms with Crippen molar-refractivity contribution in [2.45, 2.75) is 12.3 Å². The van der Waals surface area contributed by atoms with Crippen LogP contribution in [0, 0.1) is 0 Å².